The monoisotopic (exact) mass is 157 g/mol. The number of carbonyl (C=O) groups excluding carboxylic acids is 1. The molecular weight excluding hydrogens is 146 g/mol. The van der Waals surface area contributed by atoms with E-state index in [4.69, 9.17) is 5.11 Å². The van der Waals surface area contributed by atoms with Crippen molar-refractivity contribution in [3.05, 3.63) is 12.2 Å². The van der Waals surface area contributed by atoms with Crippen LogP contribution in [0.25, 0.3) is 0 Å². The van der Waals surface area contributed by atoms with Crippen molar-refractivity contribution in [2.24, 2.45) is 0 Å². The first-order chi connectivity index (χ1) is 5.07. The Bertz CT molecular complexity index is 186. The quantitative estimate of drug-likeness (QED) is 0.573. The van der Waals surface area contributed by atoms with Crippen LogP contribution >= 0.6 is 0 Å². The van der Waals surface area contributed by atoms with Gasteiger partial charge in [-0.1, -0.05) is 6.08 Å². The second kappa shape index (κ2) is 4.49. The summed E-state index contributed by atoms with van der Waals surface area (Å²) in [5.41, 5.74) is 0. The van der Waals surface area contributed by atoms with E-state index in [1.165, 1.54) is 13.0 Å². The molecule has 0 radical (unpaired) electrons. The topological polar surface area (TPSA) is 66.4 Å². The van der Waals surface area contributed by atoms with Gasteiger partial charge in [0, 0.05) is 0 Å². The zero-order valence-corrected chi connectivity index (χ0v) is 6.50. The van der Waals surface area contributed by atoms with Crippen LogP contribution in [-0.2, 0) is 9.59 Å². The highest BCUT2D eigenvalue weighted by molar-refractivity contribution is 5.90. The molecule has 0 bridgehead atoms. The molecule has 62 valence electrons. The number of nitrogens with one attached hydrogen (secondary N) is 1. The van der Waals surface area contributed by atoms with E-state index in [0.717, 1.165) is 0 Å². The molecule has 0 aliphatic rings. The van der Waals surface area contributed by atoms with Crippen LogP contribution in [0.2, 0.25) is 0 Å². The van der Waals surface area contributed by atoms with E-state index in [2.05, 4.69) is 5.32 Å². The molecule has 0 aliphatic carbocycles. The van der Waals surface area contributed by atoms with Crippen LogP contribution in [0.3, 0.4) is 0 Å². The van der Waals surface area contributed by atoms with Gasteiger partial charge in [-0.05, 0) is 19.9 Å². The van der Waals surface area contributed by atoms with Crippen LogP contribution in [0.5, 0.6) is 0 Å². The van der Waals surface area contributed by atoms with Gasteiger partial charge in [0.15, 0.2) is 0 Å². The first kappa shape index (κ1) is 9.68. The molecule has 4 nitrogen and oxygen atoms in total. The smallest absolute Gasteiger partial charge is 0.325 e. The fraction of sp³-hybridized carbons (Fsp3) is 0.429. The molecule has 1 amide bonds. The number of amides is 1. The van der Waals surface area contributed by atoms with Gasteiger partial charge in [0.1, 0.15) is 6.04 Å². The molecule has 0 unspecified atom stereocenters. The van der Waals surface area contributed by atoms with Gasteiger partial charge >= 0.3 is 5.97 Å². The average Bonchev–Trinajstić information content (AvgIpc) is 1.87. The Labute approximate surface area is 64.9 Å². The number of aliphatic carboxylic acids is 1. The number of carbonyl (C=O) groups is 2. The van der Waals surface area contributed by atoms with Crippen LogP contribution in [0.4, 0.5) is 0 Å². The fourth-order valence-corrected chi connectivity index (χ4v) is 0.475. The van der Waals surface area contributed by atoms with Gasteiger partial charge in [0.2, 0.25) is 5.91 Å². The van der Waals surface area contributed by atoms with Gasteiger partial charge in [0.05, 0.1) is 0 Å². The van der Waals surface area contributed by atoms with Crippen molar-refractivity contribution < 1.29 is 14.7 Å². The molecule has 4 heteroatoms. The molecule has 0 fully saturated rings. The lowest BCUT2D eigenvalue weighted by molar-refractivity contribution is -0.140. The van der Waals surface area contributed by atoms with E-state index in [-0.39, 0.29) is 5.91 Å². The van der Waals surface area contributed by atoms with Crippen molar-refractivity contribution in [1.29, 1.82) is 0 Å². The first-order valence-corrected chi connectivity index (χ1v) is 3.24. The summed E-state index contributed by atoms with van der Waals surface area (Å²) < 4.78 is 0. The minimum atomic E-state index is -1.04. The minimum absolute atomic E-state index is 0.387. The van der Waals surface area contributed by atoms with Crippen molar-refractivity contribution in [3.8, 4) is 0 Å². The molecule has 1 atom stereocenters. The number of carboxylic acid groups (broad SMARTS) is 1. The molecule has 0 saturated carbocycles. The van der Waals surface area contributed by atoms with Crippen molar-refractivity contribution in [2.45, 2.75) is 19.9 Å². The maximum Gasteiger partial charge on any atom is 0.325 e. The van der Waals surface area contributed by atoms with Gasteiger partial charge < -0.3 is 10.4 Å². The average molecular weight is 157 g/mol. The summed E-state index contributed by atoms with van der Waals surface area (Å²) in [4.78, 5) is 20.9. The maximum absolute atomic E-state index is 10.7. The standard InChI is InChI=1S/C7H11NO3/c1-3-4-6(9)8-5(2)7(10)11/h3-5H,1-2H3,(H,8,9)(H,10,11)/b4-3+/t5-/m0/s1. The van der Waals surface area contributed by atoms with Crippen molar-refractivity contribution in [2.75, 3.05) is 0 Å². The number of carboxylic acids is 1. The molecule has 0 aromatic heterocycles. The zero-order valence-electron chi connectivity index (χ0n) is 6.50. The largest absolute Gasteiger partial charge is 0.480 e. The molecule has 0 aromatic rings. The highest BCUT2D eigenvalue weighted by Crippen LogP contribution is 1.81. The van der Waals surface area contributed by atoms with E-state index < -0.39 is 12.0 Å². The Morgan fingerprint density at radius 1 is 1.55 bits per heavy atom. The summed E-state index contributed by atoms with van der Waals surface area (Å²) in [7, 11) is 0. The van der Waals surface area contributed by atoms with Crippen molar-refractivity contribution >= 4 is 11.9 Å². The Hall–Kier alpha value is -1.32. The van der Waals surface area contributed by atoms with E-state index in [9.17, 15) is 9.59 Å². The van der Waals surface area contributed by atoms with Crippen LogP contribution in [0.1, 0.15) is 13.8 Å². The predicted octanol–water partition coefficient (Wildman–Crippen LogP) is 0.152. The number of rotatable bonds is 3. The third-order valence-electron chi connectivity index (χ3n) is 1.05. The van der Waals surface area contributed by atoms with Crippen molar-refractivity contribution in [3.63, 3.8) is 0 Å². The maximum atomic E-state index is 10.7. The van der Waals surface area contributed by atoms with Crippen LogP contribution < -0.4 is 5.32 Å². The lowest BCUT2D eigenvalue weighted by atomic mass is 10.3. The molecule has 0 aliphatic heterocycles. The molecule has 0 saturated heterocycles. The molecule has 0 spiro atoms. The predicted molar refractivity (Wildman–Crippen MR) is 40.1 cm³/mol. The van der Waals surface area contributed by atoms with Crippen LogP contribution in [-0.4, -0.2) is 23.0 Å². The highest BCUT2D eigenvalue weighted by Gasteiger charge is 2.10. The van der Waals surface area contributed by atoms with Crippen LogP contribution in [0.15, 0.2) is 12.2 Å². The Balaban J connectivity index is 3.85. The Morgan fingerprint density at radius 3 is 2.45 bits per heavy atom. The minimum Gasteiger partial charge on any atom is -0.480 e. The summed E-state index contributed by atoms with van der Waals surface area (Å²) >= 11 is 0. The summed E-state index contributed by atoms with van der Waals surface area (Å²) in [5.74, 6) is -1.43. The second-order valence-corrected chi connectivity index (χ2v) is 2.07. The molecule has 0 aromatic carbocycles. The van der Waals surface area contributed by atoms with Gasteiger partial charge in [-0.3, -0.25) is 9.59 Å². The molecule has 0 rings (SSSR count). The SMILES string of the molecule is C/C=C/C(=O)N[C@@H](C)C(=O)O. The lowest BCUT2D eigenvalue weighted by Gasteiger charge is -2.05. The molecular formula is C7H11NO3. The molecule has 2 N–H and O–H groups in total. The summed E-state index contributed by atoms with van der Waals surface area (Å²) in [6, 6.07) is -0.835. The van der Waals surface area contributed by atoms with Gasteiger partial charge in [-0.15, -0.1) is 0 Å². The fourth-order valence-electron chi connectivity index (χ4n) is 0.475. The summed E-state index contributed by atoms with van der Waals surface area (Å²) in [5, 5.41) is 10.6. The second-order valence-electron chi connectivity index (χ2n) is 2.07. The number of hydrogen-bond acceptors (Lipinski definition) is 2. The van der Waals surface area contributed by atoms with E-state index >= 15 is 0 Å². The summed E-state index contributed by atoms with van der Waals surface area (Å²) in [6.45, 7) is 3.09. The normalized spacial score (nSPS) is 12.9. The third kappa shape index (κ3) is 4.13. The van der Waals surface area contributed by atoms with Gasteiger partial charge in [-0.2, -0.15) is 0 Å². The van der Waals surface area contributed by atoms with E-state index in [1.54, 1.807) is 13.0 Å². The van der Waals surface area contributed by atoms with Crippen molar-refractivity contribution in [1.82, 2.24) is 5.32 Å². The third-order valence-corrected chi connectivity index (χ3v) is 1.05. The van der Waals surface area contributed by atoms with Crippen LogP contribution in [0, 0.1) is 0 Å². The van der Waals surface area contributed by atoms with E-state index in [1.807, 2.05) is 0 Å². The zero-order chi connectivity index (χ0) is 8.85. The Morgan fingerprint density at radius 2 is 2.09 bits per heavy atom. The first-order valence-electron chi connectivity index (χ1n) is 3.24. The summed E-state index contributed by atoms with van der Waals surface area (Å²) in [6.07, 6.45) is 2.82. The number of hydrogen-bond donors (Lipinski definition) is 2. The van der Waals surface area contributed by atoms with Gasteiger partial charge in [0.25, 0.3) is 0 Å². The highest BCUT2D eigenvalue weighted by atomic mass is 16.4. The van der Waals surface area contributed by atoms with E-state index in [0.29, 0.717) is 0 Å². The Kier molecular flexibility index (Phi) is 3.95. The molecule has 11 heavy (non-hydrogen) atoms. The number of allylic oxidation sites excluding steroid dienone is 1. The lowest BCUT2D eigenvalue weighted by Crippen LogP contribution is -2.37. The van der Waals surface area contributed by atoms with Gasteiger partial charge in [-0.25, -0.2) is 0 Å². The molecule has 0 heterocycles.